The quantitative estimate of drug-likeness (QED) is 0.592. The van der Waals surface area contributed by atoms with Gasteiger partial charge in [-0.25, -0.2) is 13.1 Å². The van der Waals surface area contributed by atoms with Crippen LogP contribution in [-0.2, 0) is 30.8 Å². The molecule has 1 amide bonds. The summed E-state index contributed by atoms with van der Waals surface area (Å²) in [7, 11) is -2.40. The minimum absolute atomic E-state index is 0.0658. The summed E-state index contributed by atoms with van der Waals surface area (Å²) in [5.41, 5.74) is 1.32. The number of nitrogens with one attached hydrogen (secondary N) is 2. The lowest BCUT2D eigenvalue weighted by atomic mass is 10.2. The van der Waals surface area contributed by atoms with E-state index in [9.17, 15) is 18.0 Å². The molecule has 0 radical (unpaired) electrons. The van der Waals surface area contributed by atoms with E-state index in [4.69, 9.17) is 4.74 Å². The molecule has 1 aliphatic rings. The zero-order chi connectivity index (χ0) is 21.7. The maximum Gasteiger partial charge on any atom is 0.327 e. The molecule has 1 fully saturated rings. The van der Waals surface area contributed by atoms with E-state index in [-0.39, 0.29) is 29.7 Å². The van der Waals surface area contributed by atoms with E-state index in [1.165, 1.54) is 42.3 Å². The van der Waals surface area contributed by atoms with Gasteiger partial charge in [0, 0.05) is 18.7 Å². The van der Waals surface area contributed by atoms with E-state index in [1.54, 1.807) is 6.92 Å². The first-order valence-corrected chi connectivity index (χ1v) is 10.9. The molecular formula is C19H24N4O6S. The first kappa shape index (κ1) is 21.9. The number of hydrogen-bond donors (Lipinski definition) is 2. The third-order valence-corrected chi connectivity index (χ3v) is 6.25. The molecule has 2 N–H and O–H groups in total. The molecule has 11 heteroatoms. The Morgan fingerprint density at radius 1 is 1.30 bits per heavy atom. The Kier molecular flexibility index (Phi) is 6.85. The van der Waals surface area contributed by atoms with Crippen LogP contribution in [0.1, 0.15) is 28.9 Å². The lowest BCUT2D eigenvalue weighted by Gasteiger charge is -2.12. The average molecular weight is 436 g/mol. The van der Waals surface area contributed by atoms with Crippen molar-refractivity contribution in [3.05, 3.63) is 41.7 Å². The van der Waals surface area contributed by atoms with Gasteiger partial charge in [0.25, 0.3) is 5.91 Å². The van der Waals surface area contributed by atoms with Crippen LogP contribution in [0.5, 0.6) is 0 Å². The molecule has 162 valence electrons. The first-order valence-electron chi connectivity index (χ1n) is 9.42. The zero-order valence-corrected chi connectivity index (χ0v) is 17.6. The van der Waals surface area contributed by atoms with Crippen molar-refractivity contribution in [3.8, 4) is 0 Å². The first-order chi connectivity index (χ1) is 14.3. The zero-order valence-electron chi connectivity index (χ0n) is 16.8. The van der Waals surface area contributed by atoms with Crippen LogP contribution < -0.4 is 10.0 Å². The maximum absolute atomic E-state index is 12.5. The van der Waals surface area contributed by atoms with Crippen molar-refractivity contribution in [3.63, 3.8) is 0 Å². The lowest BCUT2D eigenvalue weighted by Crippen LogP contribution is -2.31. The van der Waals surface area contributed by atoms with Crippen molar-refractivity contribution in [2.24, 2.45) is 0 Å². The Hall–Kier alpha value is -2.76. The van der Waals surface area contributed by atoms with E-state index in [2.05, 4.69) is 19.9 Å². The van der Waals surface area contributed by atoms with Gasteiger partial charge in [-0.1, -0.05) is 0 Å². The topological polar surface area (TPSA) is 129 Å². The Labute approximate surface area is 174 Å². The smallest absolute Gasteiger partial charge is 0.327 e. The number of aromatic nitrogens is 2. The summed E-state index contributed by atoms with van der Waals surface area (Å²) in [4.78, 5) is 24.0. The largest absolute Gasteiger partial charge is 0.468 e. The molecule has 2 heterocycles. The van der Waals surface area contributed by atoms with Crippen molar-refractivity contribution < 1.29 is 27.5 Å². The number of methoxy groups -OCH3 is 1. The SMILES string of the molecule is COC(=O)Cn1ncc(NC(=O)c2ccc(S(=O)(=O)NC[C@H]3CCCO3)cc2)c1C. The van der Waals surface area contributed by atoms with Crippen LogP contribution in [0.3, 0.4) is 0 Å². The van der Waals surface area contributed by atoms with Crippen LogP contribution in [0.4, 0.5) is 5.69 Å². The van der Waals surface area contributed by atoms with Gasteiger partial charge >= 0.3 is 5.97 Å². The molecule has 1 saturated heterocycles. The molecule has 0 saturated carbocycles. The van der Waals surface area contributed by atoms with Gasteiger partial charge in [-0.2, -0.15) is 5.10 Å². The van der Waals surface area contributed by atoms with Crippen LogP contribution >= 0.6 is 0 Å². The number of benzene rings is 1. The predicted molar refractivity (Wildman–Crippen MR) is 108 cm³/mol. The number of hydrogen-bond acceptors (Lipinski definition) is 7. The summed E-state index contributed by atoms with van der Waals surface area (Å²) >= 11 is 0. The van der Waals surface area contributed by atoms with E-state index in [0.717, 1.165) is 12.8 Å². The highest BCUT2D eigenvalue weighted by atomic mass is 32.2. The molecule has 3 rings (SSSR count). The monoisotopic (exact) mass is 436 g/mol. The molecule has 0 bridgehead atoms. The fourth-order valence-electron chi connectivity index (χ4n) is 2.99. The van der Waals surface area contributed by atoms with E-state index in [1.807, 2.05) is 0 Å². The minimum Gasteiger partial charge on any atom is -0.468 e. The second-order valence-electron chi connectivity index (χ2n) is 6.84. The molecule has 30 heavy (non-hydrogen) atoms. The normalized spacial score (nSPS) is 16.4. The van der Waals surface area contributed by atoms with Gasteiger partial charge in [-0.15, -0.1) is 0 Å². The van der Waals surface area contributed by atoms with Crippen LogP contribution in [-0.4, -0.2) is 56.4 Å². The molecule has 1 atom stereocenters. The van der Waals surface area contributed by atoms with Gasteiger partial charge in [-0.3, -0.25) is 14.3 Å². The molecule has 0 aliphatic carbocycles. The number of nitrogens with zero attached hydrogens (tertiary/aromatic N) is 2. The molecule has 0 unspecified atom stereocenters. The number of carbonyl (C=O) groups is 2. The van der Waals surface area contributed by atoms with E-state index >= 15 is 0 Å². The van der Waals surface area contributed by atoms with Crippen molar-refractivity contribution in [2.45, 2.75) is 37.3 Å². The highest BCUT2D eigenvalue weighted by molar-refractivity contribution is 7.89. The van der Waals surface area contributed by atoms with Crippen LogP contribution in [0, 0.1) is 6.92 Å². The fraction of sp³-hybridized carbons (Fsp3) is 0.421. The van der Waals surface area contributed by atoms with Crippen molar-refractivity contribution in [2.75, 3.05) is 25.6 Å². The standard InChI is InChI=1S/C19H24N4O6S/c1-13-17(11-20-23(13)12-18(24)28-2)22-19(25)14-5-7-16(8-6-14)30(26,27)21-10-15-4-3-9-29-15/h5-8,11,15,21H,3-4,9-10,12H2,1-2H3,(H,22,25)/t15-/m1/s1. The molecule has 1 aromatic carbocycles. The van der Waals surface area contributed by atoms with Gasteiger partial charge in [0.05, 0.1) is 35.7 Å². The molecule has 1 aliphatic heterocycles. The van der Waals surface area contributed by atoms with Crippen molar-refractivity contribution in [1.29, 1.82) is 0 Å². The minimum atomic E-state index is -3.69. The van der Waals surface area contributed by atoms with Gasteiger partial charge in [0.15, 0.2) is 0 Å². The summed E-state index contributed by atoms with van der Waals surface area (Å²) in [6, 6.07) is 5.62. The summed E-state index contributed by atoms with van der Waals surface area (Å²) in [6.07, 6.45) is 3.09. The van der Waals surface area contributed by atoms with E-state index in [0.29, 0.717) is 18.0 Å². The van der Waals surface area contributed by atoms with Gasteiger partial charge in [0.1, 0.15) is 6.54 Å². The third kappa shape index (κ3) is 5.23. The second-order valence-corrected chi connectivity index (χ2v) is 8.61. The van der Waals surface area contributed by atoms with Crippen LogP contribution in [0.25, 0.3) is 0 Å². The van der Waals surface area contributed by atoms with Crippen molar-refractivity contribution >= 4 is 27.6 Å². The van der Waals surface area contributed by atoms with Gasteiger partial charge in [0.2, 0.25) is 10.0 Å². The van der Waals surface area contributed by atoms with E-state index < -0.39 is 21.9 Å². The Morgan fingerprint density at radius 3 is 2.67 bits per heavy atom. The molecule has 0 spiro atoms. The number of esters is 1. The van der Waals surface area contributed by atoms with Gasteiger partial charge in [-0.05, 0) is 44.0 Å². The van der Waals surface area contributed by atoms with Crippen molar-refractivity contribution in [1.82, 2.24) is 14.5 Å². The van der Waals surface area contributed by atoms with Gasteiger partial charge < -0.3 is 14.8 Å². The number of anilines is 1. The lowest BCUT2D eigenvalue weighted by molar-refractivity contribution is -0.141. The predicted octanol–water partition coefficient (Wildman–Crippen LogP) is 1.07. The summed E-state index contributed by atoms with van der Waals surface area (Å²) in [5.74, 6) is -0.879. The fourth-order valence-corrected chi connectivity index (χ4v) is 4.05. The highest BCUT2D eigenvalue weighted by Crippen LogP contribution is 2.17. The summed E-state index contributed by atoms with van der Waals surface area (Å²) in [6.45, 7) is 2.52. The Morgan fingerprint density at radius 2 is 2.03 bits per heavy atom. The highest BCUT2D eigenvalue weighted by Gasteiger charge is 2.21. The average Bonchev–Trinajstić information content (AvgIpc) is 3.38. The Bertz CT molecular complexity index is 1010. The number of carbonyl (C=O) groups excluding carboxylic acids is 2. The maximum atomic E-state index is 12.5. The summed E-state index contributed by atoms with van der Waals surface area (Å²) < 4.78 is 38.8. The van der Waals surface area contributed by atoms with Crippen LogP contribution in [0.15, 0.2) is 35.4 Å². The van der Waals surface area contributed by atoms with Crippen LogP contribution in [0.2, 0.25) is 0 Å². The molecule has 10 nitrogen and oxygen atoms in total. The second kappa shape index (κ2) is 9.37. The molecular weight excluding hydrogens is 412 g/mol. The summed E-state index contributed by atoms with van der Waals surface area (Å²) in [5, 5.41) is 6.76. The third-order valence-electron chi connectivity index (χ3n) is 4.81. The molecule has 1 aromatic heterocycles. The Balaban J connectivity index is 1.63. The number of ether oxygens (including phenoxy) is 2. The molecule has 2 aromatic rings. The number of rotatable bonds is 8. The number of sulfonamides is 1. The number of amides is 1.